The molecule has 1 aliphatic rings. The van der Waals surface area contributed by atoms with Crippen molar-refractivity contribution in [3.63, 3.8) is 0 Å². The Hall–Kier alpha value is -1.14. The van der Waals surface area contributed by atoms with Crippen molar-refractivity contribution in [2.75, 3.05) is 25.6 Å². The number of ether oxygens (including phenoxy) is 1. The number of rotatable bonds is 4. The maximum absolute atomic E-state index is 11.9. The summed E-state index contributed by atoms with van der Waals surface area (Å²) in [7, 11) is 0. The van der Waals surface area contributed by atoms with Crippen LogP contribution in [0.3, 0.4) is 0 Å². The molecule has 0 aliphatic carbocycles. The molecule has 1 amide bonds. The number of H-pyrrole nitrogens is 1. The number of carbonyl (C=O) groups excluding carboxylic acids is 1. The smallest absolute Gasteiger partial charge is 0.276 e. The second-order valence-electron chi connectivity index (χ2n) is 3.91. The molecule has 1 fully saturated rings. The molecule has 2 heterocycles. The number of piperidine rings is 1. The van der Waals surface area contributed by atoms with Gasteiger partial charge in [0.25, 0.3) is 5.91 Å². The van der Waals surface area contributed by atoms with Crippen molar-refractivity contribution >= 4 is 17.5 Å². The number of nitrogens with zero attached hydrogens (tertiary/aromatic N) is 3. The number of carbonyl (C=O) groups is 1. The van der Waals surface area contributed by atoms with E-state index in [-0.39, 0.29) is 12.0 Å². The van der Waals surface area contributed by atoms with Gasteiger partial charge in [-0.15, -0.1) is 11.6 Å². The standard InChI is InChI=1S/C10H15ClN4O2/c11-3-6-17-8-1-4-15(5-2-8)10(16)9-7-12-14-13-9/h7-8H,1-6H2,(H,12,13,14). The zero-order valence-electron chi connectivity index (χ0n) is 9.43. The van der Waals surface area contributed by atoms with E-state index in [0.717, 1.165) is 12.8 Å². The van der Waals surface area contributed by atoms with Crippen LogP contribution < -0.4 is 0 Å². The van der Waals surface area contributed by atoms with Crippen LogP contribution in [0.1, 0.15) is 23.3 Å². The van der Waals surface area contributed by atoms with E-state index in [9.17, 15) is 4.79 Å². The zero-order valence-corrected chi connectivity index (χ0v) is 10.2. The van der Waals surface area contributed by atoms with Crippen LogP contribution in [0.2, 0.25) is 0 Å². The van der Waals surface area contributed by atoms with Gasteiger partial charge < -0.3 is 9.64 Å². The molecule has 2 rings (SSSR count). The average molecular weight is 259 g/mol. The third-order valence-corrected chi connectivity index (χ3v) is 2.95. The highest BCUT2D eigenvalue weighted by Gasteiger charge is 2.24. The van der Waals surface area contributed by atoms with Crippen LogP contribution in [0.15, 0.2) is 6.20 Å². The van der Waals surface area contributed by atoms with Gasteiger partial charge in [-0.05, 0) is 12.8 Å². The number of amides is 1. The largest absolute Gasteiger partial charge is 0.377 e. The highest BCUT2D eigenvalue weighted by atomic mass is 35.5. The van der Waals surface area contributed by atoms with E-state index in [1.54, 1.807) is 4.90 Å². The summed E-state index contributed by atoms with van der Waals surface area (Å²) < 4.78 is 5.55. The average Bonchev–Trinajstić information content (AvgIpc) is 2.90. The first kappa shape index (κ1) is 12.3. The van der Waals surface area contributed by atoms with Crippen molar-refractivity contribution in [2.45, 2.75) is 18.9 Å². The Kier molecular flexibility index (Phi) is 4.33. The predicted molar refractivity (Wildman–Crippen MR) is 62.0 cm³/mol. The second kappa shape index (κ2) is 5.97. The van der Waals surface area contributed by atoms with Gasteiger partial charge in [-0.2, -0.15) is 15.4 Å². The van der Waals surface area contributed by atoms with E-state index >= 15 is 0 Å². The number of halogens is 1. The van der Waals surface area contributed by atoms with Gasteiger partial charge in [-0.1, -0.05) is 0 Å². The summed E-state index contributed by atoms with van der Waals surface area (Å²) >= 11 is 5.56. The molecule has 1 saturated heterocycles. The summed E-state index contributed by atoms with van der Waals surface area (Å²) in [6, 6.07) is 0. The monoisotopic (exact) mass is 258 g/mol. The SMILES string of the molecule is O=C(c1cn[nH]n1)N1CCC(OCCCl)CC1. The number of hydrogen-bond acceptors (Lipinski definition) is 4. The normalized spacial score (nSPS) is 17.4. The number of likely N-dealkylation sites (tertiary alicyclic amines) is 1. The maximum Gasteiger partial charge on any atom is 0.276 e. The Labute approximate surface area is 104 Å². The topological polar surface area (TPSA) is 71.1 Å². The van der Waals surface area contributed by atoms with Crippen LogP contribution in [-0.2, 0) is 4.74 Å². The van der Waals surface area contributed by atoms with Crippen molar-refractivity contribution in [1.82, 2.24) is 20.3 Å². The first-order chi connectivity index (χ1) is 8.31. The molecule has 1 aromatic heterocycles. The third kappa shape index (κ3) is 3.17. The van der Waals surface area contributed by atoms with Crippen LogP contribution >= 0.6 is 11.6 Å². The van der Waals surface area contributed by atoms with Crippen molar-refractivity contribution in [3.05, 3.63) is 11.9 Å². The van der Waals surface area contributed by atoms with Gasteiger partial charge in [0.2, 0.25) is 0 Å². The fraction of sp³-hybridized carbons (Fsp3) is 0.700. The summed E-state index contributed by atoms with van der Waals surface area (Å²) in [6.07, 6.45) is 3.36. The summed E-state index contributed by atoms with van der Waals surface area (Å²) in [5, 5.41) is 9.85. The molecule has 1 aromatic rings. The second-order valence-corrected chi connectivity index (χ2v) is 4.28. The molecule has 7 heteroatoms. The quantitative estimate of drug-likeness (QED) is 0.806. The molecule has 0 radical (unpaired) electrons. The first-order valence-corrected chi connectivity index (χ1v) is 6.17. The number of nitrogens with one attached hydrogen (secondary N) is 1. The van der Waals surface area contributed by atoms with E-state index in [2.05, 4.69) is 15.4 Å². The molecule has 1 N–H and O–H groups in total. The van der Waals surface area contributed by atoms with E-state index in [0.29, 0.717) is 31.3 Å². The van der Waals surface area contributed by atoms with Gasteiger partial charge in [-0.3, -0.25) is 4.79 Å². The lowest BCUT2D eigenvalue weighted by atomic mass is 10.1. The Balaban J connectivity index is 1.81. The Morgan fingerprint density at radius 1 is 1.59 bits per heavy atom. The van der Waals surface area contributed by atoms with Gasteiger partial charge in [0.05, 0.1) is 18.9 Å². The Bertz CT molecular complexity index is 349. The minimum Gasteiger partial charge on any atom is -0.377 e. The van der Waals surface area contributed by atoms with Crippen molar-refractivity contribution in [3.8, 4) is 0 Å². The number of hydrogen-bond donors (Lipinski definition) is 1. The summed E-state index contributed by atoms with van der Waals surface area (Å²) in [5.74, 6) is 0.437. The zero-order chi connectivity index (χ0) is 12.1. The first-order valence-electron chi connectivity index (χ1n) is 5.64. The Morgan fingerprint density at radius 3 is 2.94 bits per heavy atom. The molecule has 0 saturated carbocycles. The van der Waals surface area contributed by atoms with E-state index < -0.39 is 0 Å². The molecular weight excluding hydrogens is 244 g/mol. The predicted octanol–water partition coefficient (Wildman–Crippen LogP) is 0.665. The van der Waals surface area contributed by atoms with Crippen LogP contribution in [0.5, 0.6) is 0 Å². The fourth-order valence-corrected chi connectivity index (χ4v) is 1.99. The van der Waals surface area contributed by atoms with Crippen LogP contribution in [-0.4, -0.2) is 57.9 Å². The highest BCUT2D eigenvalue weighted by molar-refractivity contribution is 6.17. The van der Waals surface area contributed by atoms with E-state index in [4.69, 9.17) is 16.3 Å². The third-order valence-electron chi connectivity index (χ3n) is 2.79. The lowest BCUT2D eigenvalue weighted by Crippen LogP contribution is -2.41. The number of aromatic amines is 1. The lowest BCUT2D eigenvalue weighted by Gasteiger charge is -2.31. The molecule has 0 aromatic carbocycles. The minimum absolute atomic E-state index is 0.0745. The van der Waals surface area contributed by atoms with E-state index in [1.165, 1.54) is 6.20 Å². The minimum atomic E-state index is -0.0745. The van der Waals surface area contributed by atoms with Crippen LogP contribution in [0, 0.1) is 0 Å². The molecule has 0 spiro atoms. The van der Waals surface area contributed by atoms with Crippen molar-refractivity contribution < 1.29 is 9.53 Å². The van der Waals surface area contributed by atoms with Gasteiger partial charge in [0.15, 0.2) is 5.69 Å². The van der Waals surface area contributed by atoms with Gasteiger partial charge in [0.1, 0.15) is 0 Å². The highest BCUT2D eigenvalue weighted by Crippen LogP contribution is 2.15. The molecule has 94 valence electrons. The molecule has 6 nitrogen and oxygen atoms in total. The van der Waals surface area contributed by atoms with Gasteiger partial charge in [0, 0.05) is 19.0 Å². The molecule has 0 unspecified atom stereocenters. The number of aromatic nitrogens is 3. The summed E-state index contributed by atoms with van der Waals surface area (Å²) in [5.41, 5.74) is 0.366. The maximum atomic E-state index is 11.9. The van der Waals surface area contributed by atoms with Crippen molar-refractivity contribution in [1.29, 1.82) is 0 Å². The lowest BCUT2D eigenvalue weighted by molar-refractivity contribution is 0.0152. The molecule has 0 bridgehead atoms. The molecule has 1 aliphatic heterocycles. The number of alkyl halides is 1. The van der Waals surface area contributed by atoms with Gasteiger partial charge >= 0.3 is 0 Å². The van der Waals surface area contributed by atoms with Crippen molar-refractivity contribution in [2.24, 2.45) is 0 Å². The Morgan fingerprint density at radius 2 is 2.35 bits per heavy atom. The van der Waals surface area contributed by atoms with E-state index in [1.807, 2.05) is 0 Å². The van der Waals surface area contributed by atoms with Crippen LogP contribution in [0.4, 0.5) is 0 Å². The molecule has 0 atom stereocenters. The summed E-state index contributed by atoms with van der Waals surface area (Å²) in [6.45, 7) is 1.96. The van der Waals surface area contributed by atoms with Gasteiger partial charge in [-0.25, -0.2) is 0 Å². The van der Waals surface area contributed by atoms with Crippen LogP contribution in [0.25, 0.3) is 0 Å². The molecular formula is C10H15ClN4O2. The summed E-state index contributed by atoms with van der Waals surface area (Å²) in [4.78, 5) is 13.7. The fourth-order valence-electron chi connectivity index (χ4n) is 1.90. The molecule has 17 heavy (non-hydrogen) atoms.